The molecule has 2 heterocycles. The lowest BCUT2D eigenvalue weighted by Crippen LogP contribution is -2.42. The van der Waals surface area contributed by atoms with E-state index in [2.05, 4.69) is 31.2 Å². The highest BCUT2D eigenvalue weighted by molar-refractivity contribution is 6.00. The largest absolute Gasteiger partial charge is 0.338 e. The lowest BCUT2D eigenvalue weighted by molar-refractivity contribution is 0.0715. The minimum Gasteiger partial charge on any atom is -0.338 e. The zero-order chi connectivity index (χ0) is 19.5. The molecule has 1 amide bonds. The van der Waals surface area contributed by atoms with Gasteiger partial charge in [0.15, 0.2) is 0 Å². The molecule has 2 aromatic carbocycles. The molecule has 5 heteroatoms. The Bertz CT molecular complexity index is 938. The summed E-state index contributed by atoms with van der Waals surface area (Å²) in [6.07, 6.45) is 4.53. The van der Waals surface area contributed by atoms with Crippen LogP contribution in [0.3, 0.4) is 0 Å². The first-order valence-corrected chi connectivity index (χ1v) is 9.95. The molecule has 0 atom stereocenters. The molecule has 0 bridgehead atoms. The molecule has 144 valence electrons. The van der Waals surface area contributed by atoms with Gasteiger partial charge in [0.05, 0.1) is 11.3 Å². The fraction of sp³-hybridized carbons (Fsp3) is 0.304. The number of nitrogens with two attached hydrogens (primary N) is 1. The van der Waals surface area contributed by atoms with E-state index in [4.69, 9.17) is 10.8 Å². The number of amides is 1. The quantitative estimate of drug-likeness (QED) is 0.758. The van der Waals surface area contributed by atoms with E-state index in [0.29, 0.717) is 18.7 Å². The molecule has 1 saturated heterocycles. The van der Waals surface area contributed by atoms with Gasteiger partial charge in [-0.15, -0.1) is 0 Å². The number of hydrogen-bond acceptors (Lipinski definition) is 3. The van der Waals surface area contributed by atoms with Crippen molar-refractivity contribution < 1.29 is 4.79 Å². The third-order valence-electron chi connectivity index (χ3n) is 5.43. The molecule has 1 aromatic heterocycles. The molecule has 5 nitrogen and oxygen atoms in total. The number of aryl methyl sites for hydroxylation is 1. The third kappa shape index (κ3) is 3.71. The van der Waals surface area contributed by atoms with Gasteiger partial charge in [0, 0.05) is 30.9 Å². The van der Waals surface area contributed by atoms with Crippen LogP contribution in [0, 0.1) is 0 Å². The molecule has 0 aliphatic carbocycles. The van der Waals surface area contributed by atoms with Crippen LogP contribution in [0.4, 0.5) is 0 Å². The highest BCUT2D eigenvalue weighted by Gasteiger charge is 2.26. The Morgan fingerprint density at radius 3 is 2.39 bits per heavy atom. The molecule has 28 heavy (non-hydrogen) atoms. The number of nitrogens with zero attached hydrogens (tertiary/aromatic N) is 3. The fourth-order valence-corrected chi connectivity index (χ4v) is 3.63. The first-order chi connectivity index (χ1) is 13.7. The highest BCUT2D eigenvalue weighted by atomic mass is 16.2. The van der Waals surface area contributed by atoms with Gasteiger partial charge in [0.2, 0.25) is 0 Å². The molecule has 0 spiro atoms. The number of piperidine rings is 1. The van der Waals surface area contributed by atoms with Crippen LogP contribution in [0.5, 0.6) is 0 Å². The van der Waals surface area contributed by atoms with Crippen molar-refractivity contribution in [3.8, 4) is 16.9 Å². The minimum atomic E-state index is 0.0312. The molecule has 4 rings (SSSR count). The number of rotatable bonds is 4. The molecule has 1 aliphatic rings. The first-order valence-electron chi connectivity index (χ1n) is 9.95. The Hall–Kier alpha value is -2.92. The molecule has 1 fully saturated rings. The second-order valence-corrected chi connectivity index (χ2v) is 7.35. The Kier molecular flexibility index (Phi) is 5.26. The summed E-state index contributed by atoms with van der Waals surface area (Å²) in [4.78, 5) is 15.2. The van der Waals surface area contributed by atoms with Crippen molar-refractivity contribution in [3.63, 3.8) is 0 Å². The summed E-state index contributed by atoms with van der Waals surface area (Å²) in [5.41, 5.74) is 10.5. The van der Waals surface area contributed by atoms with E-state index < -0.39 is 0 Å². The summed E-state index contributed by atoms with van der Waals surface area (Å²) in [6.45, 7) is 3.53. The predicted octanol–water partition coefficient (Wildman–Crippen LogP) is 3.67. The van der Waals surface area contributed by atoms with Crippen molar-refractivity contribution in [1.82, 2.24) is 14.7 Å². The van der Waals surface area contributed by atoms with E-state index in [1.54, 1.807) is 4.68 Å². The van der Waals surface area contributed by atoms with E-state index in [1.807, 2.05) is 41.4 Å². The zero-order valence-electron chi connectivity index (χ0n) is 16.2. The molecular formula is C23H26N4O. The molecule has 1 aliphatic heterocycles. The van der Waals surface area contributed by atoms with Gasteiger partial charge in [-0.3, -0.25) is 4.79 Å². The van der Waals surface area contributed by atoms with Gasteiger partial charge in [0.1, 0.15) is 5.69 Å². The van der Waals surface area contributed by atoms with Crippen LogP contribution >= 0.6 is 0 Å². The van der Waals surface area contributed by atoms with Gasteiger partial charge in [-0.25, -0.2) is 4.68 Å². The van der Waals surface area contributed by atoms with Crippen molar-refractivity contribution in [3.05, 3.63) is 71.9 Å². The summed E-state index contributed by atoms with van der Waals surface area (Å²) in [6, 6.07) is 18.4. The van der Waals surface area contributed by atoms with Gasteiger partial charge < -0.3 is 10.6 Å². The van der Waals surface area contributed by atoms with Crippen molar-refractivity contribution >= 4 is 5.91 Å². The summed E-state index contributed by atoms with van der Waals surface area (Å²) < 4.78 is 1.80. The molecule has 2 N–H and O–H groups in total. The van der Waals surface area contributed by atoms with E-state index >= 15 is 0 Å². The number of likely N-dealkylation sites (tertiary alicyclic amines) is 1. The van der Waals surface area contributed by atoms with Crippen molar-refractivity contribution in [2.24, 2.45) is 5.73 Å². The molecular weight excluding hydrogens is 348 g/mol. The zero-order valence-corrected chi connectivity index (χ0v) is 16.2. The summed E-state index contributed by atoms with van der Waals surface area (Å²) >= 11 is 0. The SMILES string of the molecule is CCc1ccc(-c2nn(-c3ccccc3)cc2C(=O)N2CCC(N)CC2)cc1. The maximum Gasteiger partial charge on any atom is 0.257 e. The fourth-order valence-electron chi connectivity index (χ4n) is 3.63. The normalized spacial score (nSPS) is 15.0. The van der Waals surface area contributed by atoms with Gasteiger partial charge in [0.25, 0.3) is 5.91 Å². The Balaban J connectivity index is 1.74. The Morgan fingerprint density at radius 1 is 1.07 bits per heavy atom. The van der Waals surface area contributed by atoms with Gasteiger partial charge >= 0.3 is 0 Å². The molecule has 0 unspecified atom stereocenters. The number of benzene rings is 2. The van der Waals surface area contributed by atoms with Crippen LogP contribution in [0.1, 0.15) is 35.7 Å². The van der Waals surface area contributed by atoms with E-state index in [0.717, 1.165) is 36.2 Å². The third-order valence-corrected chi connectivity index (χ3v) is 5.43. The lowest BCUT2D eigenvalue weighted by Gasteiger charge is -2.30. The summed E-state index contributed by atoms with van der Waals surface area (Å²) in [7, 11) is 0. The maximum absolute atomic E-state index is 13.3. The second-order valence-electron chi connectivity index (χ2n) is 7.35. The summed E-state index contributed by atoms with van der Waals surface area (Å²) in [5.74, 6) is 0.0312. The van der Waals surface area contributed by atoms with E-state index in [1.165, 1.54) is 5.56 Å². The van der Waals surface area contributed by atoms with Crippen LogP contribution in [0.15, 0.2) is 60.8 Å². The summed E-state index contributed by atoms with van der Waals surface area (Å²) in [5, 5.41) is 4.78. The maximum atomic E-state index is 13.3. The van der Waals surface area contributed by atoms with E-state index in [-0.39, 0.29) is 11.9 Å². The van der Waals surface area contributed by atoms with Crippen LogP contribution in [-0.4, -0.2) is 39.7 Å². The standard InChI is InChI=1S/C23H26N4O/c1-2-17-8-10-18(11-9-17)22-21(23(28)26-14-12-19(24)13-15-26)16-27(25-22)20-6-4-3-5-7-20/h3-11,16,19H,2,12-15,24H2,1H3. The number of aromatic nitrogens is 2. The van der Waals surface area contributed by atoms with E-state index in [9.17, 15) is 4.79 Å². The second kappa shape index (κ2) is 7.98. The monoisotopic (exact) mass is 374 g/mol. The topological polar surface area (TPSA) is 64.2 Å². The predicted molar refractivity (Wildman–Crippen MR) is 111 cm³/mol. The van der Waals surface area contributed by atoms with Crippen LogP contribution in [0.2, 0.25) is 0 Å². The molecule has 3 aromatic rings. The number of carbonyl (C=O) groups is 1. The average Bonchev–Trinajstić information content (AvgIpc) is 3.20. The molecule has 0 saturated carbocycles. The average molecular weight is 374 g/mol. The number of carbonyl (C=O) groups excluding carboxylic acids is 1. The first kappa shape index (κ1) is 18.4. The Labute approximate surface area is 165 Å². The van der Waals surface area contributed by atoms with Gasteiger partial charge in [-0.1, -0.05) is 49.4 Å². The molecule has 0 radical (unpaired) electrons. The van der Waals surface area contributed by atoms with Crippen LogP contribution < -0.4 is 5.73 Å². The van der Waals surface area contributed by atoms with Gasteiger partial charge in [-0.05, 0) is 37.0 Å². The van der Waals surface area contributed by atoms with Crippen molar-refractivity contribution in [1.29, 1.82) is 0 Å². The van der Waals surface area contributed by atoms with Crippen molar-refractivity contribution in [2.75, 3.05) is 13.1 Å². The smallest absolute Gasteiger partial charge is 0.257 e. The minimum absolute atomic E-state index is 0.0312. The van der Waals surface area contributed by atoms with Crippen molar-refractivity contribution in [2.45, 2.75) is 32.2 Å². The lowest BCUT2D eigenvalue weighted by atomic mass is 10.0. The Morgan fingerprint density at radius 2 is 1.75 bits per heavy atom. The van der Waals surface area contributed by atoms with Crippen LogP contribution in [0.25, 0.3) is 16.9 Å². The number of para-hydroxylation sites is 1. The van der Waals surface area contributed by atoms with Gasteiger partial charge in [-0.2, -0.15) is 5.10 Å². The van der Waals surface area contributed by atoms with Crippen LogP contribution in [-0.2, 0) is 6.42 Å². The highest BCUT2D eigenvalue weighted by Crippen LogP contribution is 2.26. The number of hydrogen-bond donors (Lipinski definition) is 1.